The highest BCUT2D eigenvalue weighted by molar-refractivity contribution is 6.29. The van der Waals surface area contributed by atoms with E-state index in [1.165, 1.54) is 23.4 Å². The molecule has 3 aromatic rings. The molecule has 0 saturated carbocycles. The average Bonchev–Trinajstić information content (AvgIpc) is 3.01. The molecule has 0 spiro atoms. The van der Waals surface area contributed by atoms with Gasteiger partial charge in [0.15, 0.2) is 5.82 Å². The van der Waals surface area contributed by atoms with E-state index < -0.39 is 5.91 Å². The molecule has 0 bridgehead atoms. The van der Waals surface area contributed by atoms with Gasteiger partial charge in [-0.3, -0.25) is 4.79 Å². The minimum Gasteiger partial charge on any atom is -0.366 e. The van der Waals surface area contributed by atoms with Gasteiger partial charge in [0, 0.05) is 23.5 Å². The summed E-state index contributed by atoms with van der Waals surface area (Å²) < 4.78 is 1.46. The number of carbonyl (C=O) groups is 1. The van der Waals surface area contributed by atoms with E-state index in [0.29, 0.717) is 16.5 Å². The summed E-state index contributed by atoms with van der Waals surface area (Å²) in [5, 5.41) is 4.74. The second-order valence-electron chi connectivity index (χ2n) is 5.70. The fraction of sp³-hybridized carbons (Fsp3) is 0.111. The maximum absolute atomic E-state index is 11.8. The minimum atomic E-state index is -0.590. The third-order valence-corrected chi connectivity index (χ3v) is 3.78. The minimum absolute atomic E-state index is 0.265. The standard InChI is InChI=1S/C18H16ClN5O/c1-11-5-12(2)7-14(6-11)18-22-10-24(23-18)9-15(17(20)25)13-3-4-16(19)21-8-13/h3-10H,1-2H3,(H2,20,25)/b15-9+. The predicted molar refractivity (Wildman–Crippen MR) is 97.5 cm³/mol. The van der Waals surface area contributed by atoms with E-state index in [-0.39, 0.29) is 5.57 Å². The van der Waals surface area contributed by atoms with Crippen LogP contribution in [-0.2, 0) is 4.79 Å². The lowest BCUT2D eigenvalue weighted by Gasteiger charge is -2.03. The lowest BCUT2D eigenvalue weighted by atomic mass is 10.1. The Hall–Kier alpha value is -2.99. The second kappa shape index (κ2) is 6.86. The molecule has 25 heavy (non-hydrogen) atoms. The molecule has 0 aliphatic rings. The van der Waals surface area contributed by atoms with E-state index in [4.69, 9.17) is 17.3 Å². The molecule has 7 heteroatoms. The highest BCUT2D eigenvalue weighted by Gasteiger charge is 2.11. The third kappa shape index (κ3) is 3.92. The fourth-order valence-corrected chi connectivity index (χ4v) is 2.63. The van der Waals surface area contributed by atoms with Gasteiger partial charge in [0.25, 0.3) is 5.91 Å². The number of hydrogen-bond acceptors (Lipinski definition) is 4. The number of hydrogen-bond donors (Lipinski definition) is 1. The molecule has 0 radical (unpaired) electrons. The fourth-order valence-electron chi connectivity index (χ4n) is 2.52. The molecule has 2 heterocycles. The van der Waals surface area contributed by atoms with Crippen LogP contribution in [0, 0.1) is 13.8 Å². The summed E-state index contributed by atoms with van der Waals surface area (Å²) in [6, 6.07) is 9.37. The van der Waals surface area contributed by atoms with E-state index in [2.05, 4.69) is 21.1 Å². The van der Waals surface area contributed by atoms with Crippen LogP contribution in [0.25, 0.3) is 23.2 Å². The average molecular weight is 354 g/mol. The number of aryl methyl sites for hydroxylation is 2. The third-order valence-electron chi connectivity index (χ3n) is 3.55. The Morgan fingerprint density at radius 3 is 2.48 bits per heavy atom. The van der Waals surface area contributed by atoms with Crippen molar-refractivity contribution in [2.75, 3.05) is 0 Å². The molecular weight excluding hydrogens is 338 g/mol. The van der Waals surface area contributed by atoms with Crippen molar-refractivity contribution in [3.63, 3.8) is 0 Å². The van der Waals surface area contributed by atoms with Gasteiger partial charge in [0.1, 0.15) is 11.5 Å². The van der Waals surface area contributed by atoms with Crippen LogP contribution in [-0.4, -0.2) is 25.7 Å². The van der Waals surface area contributed by atoms with Crippen molar-refractivity contribution < 1.29 is 4.79 Å². The normalized spacial score (nSPS) is 11.6. The Bertz CT molecular complexity index is 940. The number of aromatic nitrogens is 4. The Morgan fingerprint density at radius 2 is 1.88 bits per heavy atom. The van der Waals surface area contributed by atoms with Gasteiger partial charge in [-0.05, 0) is 38.1 Å². The Morgan fingerprint density at radius 1 is 1.16 bits per heavy atom. The summed E-state index contributed by atoms with van der Waals surface area (Å²) in [6.07, 6.45) is 4.53. The van der Waals surface area contributed by atoms with E-state index in [0.717, 1.165) is 16.7 Å². The second-order valence-corrected chi connectivity index (χ2v) is 6.09. The SMILES string of the molecule is Cc1cc(C)cc(-c2ncn(/C=C(/C(N)=O)c3ccc(Cl)nc3)n2)c1. The van der Waals surface area contributed by atoms with Crippen molar-refractivity contribution in [1.29, 1.82) is 0 Å². The van der Waals surface area contributed by atoms with Gasteiger partial charge in [-0.2, -0.15) is 0 Å². The van der Waals surface area contributed by atoms with Gasteiger partial charge in [-0.15, -0.1) is 5.10 Å². The number of halogens is 1. The quantitative estimate of drug-likeness (QED) is 0.576. The zero-order valence-corrected chi connectivity index (χ0v) is 14.5. The van der Waals surface area contributed by atoms with Crippen LogP contribution in [0.4, 0.5) is 0 Å². The Labute approximate surface area is 150 Å². The van der Waals surface area contributed by atoms with Crippen molar-refractivity contribution in [3.8, 4) is 11.4 Å². The molecule has 0 aliphatic heterocycles. The van der Waals surface area contributed by atoms with Crippen molar-refractivity contribution in [2.45, 2.75) is 13.8 Å². The van der Waals surface area contributed by atoms with Gasteiger partial charge in [-0.25, -0.2) is 14.6 Å². The molecule has 2 aromatic heterocycles. The van der Waals surface area contributed by atoms with Crippen LogP contribution in [0.15, 0.2) is 42.9 Å². The summed E-state index contributed by atoms with van der Waals surface area (Å²) in [4.78, 5) is 20.1. The number of benzene rings is 1. The van der Waals surface area contributed by atoms with Gasteiger partial charge < -0.3 is 5.73 Å². The highest BCUT2D eigenvalue weighted by Crippen LogP contribution is 2.20. The first-order valence-corrected chi connectivity index (χ1v) is 7.93. The molecule has 1 aromatic carbocycles. The smallest absolute Gasteiger partial charge is 0.250 e. The number of nitrogens with zero attached hydrogens (tertiary/aromatic N) is 4. The molecule has 2 N–H and O–H groups in total. The molecule has 6 nitrogen and oxygen atoms in total. The van der Waals surface area contributed by atoms with Crippen molar-refractivity contribution in [1.82, 2.24) is 19.7 Å². The molecule has 126 valence electrons. The molecule has 1 amide bonds. The van der Waals surface area contributed by atoms with E-state index in [1.54, 1.807) is 12.1 Å². The zero-order chi connectivity index (χ0) is 18.0. The van der Waals surface area contributed by atoms with Crippen LogP contribution in [0.2, 0.25) is 5.15 Å². The number of primary amides is 1. The maximum atomic E-state index is 11.8. The monoisotopic (exact) mass is 353 g/mol. The number of nitrogens with two attached hydrogens (primary N) is 1. The Kier molecular flexibility index (Phi) is 4.63. The van der Waals surface area contributed by atoms with E-state index in [1.807, 2.05) is 26.0 Å². The molecule has 0 unspecified atom stereocenters. The van der Waals surface area contributed by atoms with Gasteiger partial charge in [-0.1, -0.05) is 28.8 Å². The summed E-state index contributed by atoms with van der Waals surface area (Å²) in [6.45, 7) is 4.04. The molecule has 3 rings (SSSR count). The number of amides is 1. The van der Waals surface area contributed by atoms with Crippen LogP contribution >= 0.6 is 11.6 Å². The number of pyridine rings is 1. The molecular formula is C18H16ClN5O. The predicted octanol–water partition coefficient (Wildman–Crippen LogP) is 3.09. The number of rotatable bonds is 4. The summed E-state index contributed by atoms with van der Waals surface area (Å²) in [5.74, 6) is -0.0197. The van der Waals surface area contributed by atoms with E-state index >= 15 is 0 Å². The number of carbonyl (C=O) groups excluding carboxylic acids is 1. The molecule has 0 saturated heterocycles. The first-order valence-electron chi connectivity index (χ1n) is 7.56. The Balaban J connectivity index is 1.98. The van der Waals surface area contributed by atoms with Crippen molar-refractivity contribution >= 4 is 29.3 Å². The molecule has 0 fully saturated rings. The van der Waals surface area contributed by atoms with Crippen molar-refractivity contribution in [2.24, 2.45) is 5.73 Å². The highest BCUT2D eigenvalue weighted by atomic mass is 35.5. The van der Waals surface area contributed by atoms with Gasteiger partial charge >= 0.3 is 0 Å². The van der Waals surface area contributed by atoms with Crippen LogP contribution < -0.4 is 5.73 Å². The van der Waals surface area contributed by atoms with Crippen LogP contribution in [0.3, 0.4) is 0 Å². The van der Waals surface area contributed by atoms with E-state index in [9.17, 15) is 4.79 Å². The lowest BCUT2D eigenvalue weighted by molar-refractivity contribution is -0.112. The largest absolute Gasteiger partial charge is 0.366 e. The maximum Gasteiger partial charge on any atom is 0.250 e. The summed E-state index contributed by atoms with van der Waals surface area (Å²) in [7, 11) is 0. The summed E-state index contributed by atoms with van der Waals surface area (Å²) >= 11 is 5.78. The molecule has 0 atom stereocenters. The van der Waals surface area contributed by atoms with Crippen LogP contribution in [0.1, 0.15) is 16.7 Å². The van der Waals surface area contributed by atoms with Gasteiger partial charge in [0.05, 0.1) is 5.57 Å². The lowest BCUT2D eigenvalue weighted by Crippen LogP contribution is -2.14. The first-order chi connectivity index (χ1) is 11.9. The first kappa shape index (κ1) is 16.9. The zero-order valence-electron chi connectivity index (χ0n) is 13.8. The van der Waals surface area contributed by atoms with Gasteiger partial charge in [0.2, 0.25) is 0 Å². The molecule has 0 aliphatic carbocycles. The van der Waals surface area contributed by atoms with Crippen molar-refractivity contribution in [3.05, 3.63) is 64.7 Å². The summed E-state index contributed by atoms with van der Waals surface area (Å²) in [5.41, 5.74) is 9.48. The topological polar surface area (TPSA) is 86.7 Å². The van der Waals surface area contributed by atoms with Crippen LogP contribution in [0.5, 0.6) is 0 Å².